The predicted octanol–water partition coefficient (Wildman–Crippen LogP) is 2.72. The van der Waals surface area contributed by atoms with Gasteiger partial charge in [0.1, 0.15) is 11.1 Å². The quantitative estimate of drug-likeness (QED) is 0.610. The van der Waals surface area contributed by atoms with Crippen molar-refractivity contribution in [2.75, 3.05) is 12.4 Å². The molecule has 0 bridgehead atoms. The number of halogens is 3. The summed E-state index contributed by atoms with van der Waals surface area (Å²) < 4.78 is 45.6. The topological polar surface area (TPSA) is 91.2 Å². The zero-order chi connectivity index (χ0) is 19.7. The molecule has 1 aromatic heterocycles. The Morgan fingerprint density at radius 3 is 2.54 bits per heavy atom. The number of anilines is 1. The van der Waals surface area contributed by atoms with E-state index in [2.05, 4.69) is 10.1 Å². The minimum absolute atomic E-state index is 0.0692. The van der Waals surface area contributed by atoms with Crippen molar-refractivity contribution in [3.63, 3.8) is 0 Å². The number of carbonyl (C=O) groups is 2. The Labute approximate surface area is 152 Å². The third-order valence-electron chi connectivity index (χ3n) is 4.20. The van der Waals surface area contributed by atoms with Crippen LogP contribution >= 0.6 is 11.3 Å². The molecule has 0 saturated heterocycles. The molecule has 1 heterocycles. The zero-order valence-electron chi connectivity index (χ0n) is 14.4. The third kappa shape index (κ3) is 3.49. The summed E-state index contributed by atoms with van der Waals surface area (Å²) in [5.74, 6) is -2.44. The first-order valence-corrected chi connectivity index (χ1v) is 8.64. The number of hydrogen-bond acceptors (Lipinski definition) is 6. The maximum absolute atomic E-state index is 13.8. The highest BCUT2D eigenvalue weighted by atomic mass is 32.1. The minimum atomic E-state index is -5.20. The molecule has 2 N–H and O–H groups in total. The van der Waals surface area contributed by atoms with Crippen LogP contribution in [0.15, 0.2) is 0 Å². The van der Waals surface area contributed by atoms with E-state index in [1.165, 1.54) is 0 Å². The number of fused-ring (bicyclic) bond motifs is 1. The number of esters is 1. The summed E-state index contributed by atoms with van der Waals surface area (Å²) in [6, 6.07) is 1.92. The van der Waals surface area contributed by atoms with Gasteiger partial charge in [0, 0.05) is 11.8 Å². The lowest BCUT2D eigenvalue weighted by Gasteiger charge is -2.34. The Bertz CT molecular complexity index is 769. The standard InChI is InChI=1S/C16H18F3N3O3S/c1-8-4-5-10-11(7-20)13(26-12(10)6-8)22-15(14(24)25-3,16(17,18)19)21-9(2)23/h8,22H,4-6H2,1-3H3,(H,21,23). The monoisotopic (exact) mass is 389 g/mol. The summed E-state index contributed by atoms with van der Waals surface area (Å²) in [5.41, 5.74) is -2.71. The molecule has 2 rings (SSSR count). The van der Waals surface area contributed by atoms with Crippen LogP contribution in [0, 0.1) is 17.2 Å². The van der Waals surface area contributed by atoms with Crippen molar-refractivity contribution in [1.82, 2.24) is 5.32 Å². The second kappa shape index (κ2) is 7.15. The molecular formula is C16H18F3N3O3S. The van der Waals surface area contributed by atoms with Crippen LogP contribution in [0.1, 0.15) is 36.3 Å². The molecule has 1 amide bonds. The van der Waals surface area contributed by atoms with E-state index >= 15 is 0 Å². The zero-order valence-corrected chi connectivity index (χ0v) is 15.2. The van der Waals surface area contributed by atoms with E-state index in [0.29, 0.717) is 24.3 Å². The second-order valence-electron chi connectivity index (χ2n) is 6.21. The Hall–Kier alpha value is -2.28. The van der Waals surface area contributed by atoms with Gasteiger partial charge in [-0.1, -0.05) is 6.92 Å². The summed E-state index contributed by atoms with van der Waals surface area (Å²) in [7, 11) is 0.790. The Balaban J connectivity index is 2.58. The first-order valence-electron chi connectivity index (χ1n) is 7.82. The summed E-state index contributed by atoms with van der Waals surface area (Å²) in [6.45, 7) is 2.88. The fraction of sp³-hybridized carbons (Fsp3) is 0.562. The highest BCUT2D eigenvalue weighted by Gasteiger charge is 2.63. The predicted molar refractivity (Wildman–Crippen MR) is 88.5 cm³/mol. The van der Waals surface area contributed by atoms with Gasteiger partial charge in [0.15, 0.2) is 0 Å². The van der Waals surface area contributed by atoms with Crippen LogP contribution in [0.5, 0.6) is 0 Å². The number of hydrogen-bond donors (Lipinski definition) is 2. The van der Waals surface area contributed by atoms with E-state index in [1.54, 1.807) is 5.32 Å². The molecular weight excluding hydrogens is 371 g/mol. The molecule has 2 unspecified atom stereocenters. The van der Waals surface area contributed by atoms with Gasteiger partial charge in [-0.3, -0.25) is 4.79 Å². The minimum Gasteiger partial charge on any atom is -0.466 e. The van der Waals surface area contributed by atoms with Crippen molar-refractivity contribution >= 4 is 28.2 Å². The maximum Gasteiger partial charge on any atom is 0.441 e. The van der Waals surface area contributed by atoms with Crippen LogP contribution in [-0.4, -0.2) is 30.8 Å². The van der Waals surface area contributed by atoms with Crippen LogP contribution in [0.3, 0.4) is 0 Å². The maximum atomic E-state index is 13.8. The molecule has 0 radical (unpaired) electrons. The average Bonchev–Trinajstić information content (AvgIpc) is 2.87. The lowest BCUT2D eigenvalue weighted by molar-refractivity contribution is -0.206. The number of rotatable bonds is 4. The van der Waals surface area contributed by atoms with Crippen molar-refractivity contribution in [1.29, 1.82) is 5.26 Å². The summed E-state index contributed by atoms with van der Waals surface area (Å²) in [4.78, 5) is 24.2. The normalized spacial score (nSPS) is 18.9. The molecule has 26 heavy (non-hydrogen) atoms. The van der Waals surface area contributed by atoms with Crippen LogP contribution < -0.4 is 10.6 Å². The van der Waals surface area contributed by atoms with Crippen molar-refractivity contribution < 1.29 is 27.5 Å². The fourth-order valence-electron chi connectivity index (χ4n) is 2.94. The molecule has 1 aromatic rings. The Kier molecular flexibility index (Phi) is 5.51. The number of nitrogens with zero attached hydrogens (tertiary/aromatic N) is 1. The Morgan fingerprint density at radius 1 is 1.38 bits per heavy atom. The Morgan fingerprint density at radius 2 is 2.04 bits per heavy atom. The number of methoxy groups -OCH3 is 1. The number of thiophene rings is 1. The third-order valence-corrected chi connectivity index (χ3v) is 5.37. The SMILES string of the molecule is COC(=O)C(NC(C)=O)(Nc1sc2c(c1C#N)CCC(C)C2)C(F)(F)F. The number of nitriles is 1. The molecule has 6 nitrogen and oxygen atoms in total. The molecule has 0 aromatic carbocycles. The van der Waals surface area contributed by atoms with Gasteiger partial charge in [0.25, 0.3) is 0 Å². The molecule has 2 atom stereocenters. The van der Waals surface area contributed by atoms with Crippen LogP contribution in [0.2, 0.25) is 0 Å². The van der Waals surface area contributed by atoms with Gasteiger partial charge in [0.2, 0.25) is 5.91 Å². The van der Waals surface area contributed by atoms with Crippen LogP contribution in [0.25, 0.3) is 0 Å². The number of alkyl halides is 3. The van der Waals surface area contributed by atoms with Crippen molar-refractivity contribution in [3.8, 4) is 6.07 Å². The number of carbonyl (C=O) groups excluding carboxylic acids is 2. The van der Waals surface area contributed by atoms with Gasteiger partial charge in [0.05, 0.1) is 12.7 Å². The highest BCUT2D eigenvalue weighted by Crippen LogP contribution is 2.42. The second-order valence-corrected chi connectivity index (χ2v) is 7.32. The largest absolute Gasteiger partial charge is 0.466 e. The lowest BCUT2D eigenvalue weighted by Crippen LogP contribution is -2.69. The van der Waals surface area contributed by atoms with Gasteiger partial charge in [-0.2, -0.15) is 18.4 Å². The van der Waals surface area contributed by atoms with Gasteiger partial charge < -0.3 is 15.4 Å². The lowest BCUT2D eigenvalue weighted by atomic mass is 9.88. The number of amides is 1. The molecule has 0 aliphatic heterocycles. The summed E-state index contributed by atoms with van der Waals surface area (Å²) in [5, 5.41) is 13.0. The first kappa shape index (κ1) is 20.0. The first-order chi connectivity index (χ1) is 12.1. The highest BCUT2D eigenvalue weighted by molar-refractivity contribution is 7.16. The van der Waals surface area contributed by atoms with E-state index in [0.717, 1.165) is 36.7 Å². The molecule has 10 heteroatoms. The van der Waals surface area contributed by atoms with Gasteiger partial charge in [-0.15, -0.1) is 11.3 Å². The molecule has 1 aliphatic carbocycles. The summed E-state index contributed by atoms with van der Waals surface area (Å²) in [6.07, 6.45) is -3.15. The van der Waals surface area contributed by atoms with E-state index < -0.39 is 23.7 Å². The van der Waals surface area contributed by atoms with Crippen molar-refractivity contribution in [3.05, 3.63) is 16.0 Å². The fourth-order valence-corrected chi connectivity index (χ4v) is 4.35. The van der Waals surface area contributed by atoms with E-state index in [1.807, 2.05) is 13.0 Å². The molecule has 0 saturated carbocycles. The molecule has 1 aliphatic rings. The van der Waals surface area contributed by atoms with Crippen LogP contribution in [-0.2, 0) is 27.2 Å². The van der Waals surface area contributed by atoms with E-state index in [-0.39, 0.29) is 10.6 Å². The molecule has 0 spiro atoms. The number of nitrogens with one attached hydrogen (secondary N) is 2. The van der Waals surface area contributed by atoms with E-state index in [9.17, 15) is 28.0 Å². The number of ether oxygens (including phenoxy) is 1. The van der Waals surface area contributed by atoms with Crippen molar-refractivity contribution in [2.45, 2.75) is 44.9 Å². The summed E-state index contributed by atoms with van der Waals surface area (Å²) >= 11 is 0.996. The smallest absolute Gasteiger partial charge is 0.441 e. The van der Waals surface area contributed by atoms with Gasteiger partial charge >= 0.3 is 17.8 Å². The van der Waals surface area contributed by atoms with Crippen molar-refractivity contribution in [2.24, 2.45) is 5.92 Å². The molecule has 0 fully saturated rings. The molecule has 142 valence electrons. The van der Waals surface area contributed by atoms with Gasteiger partial charge in [-0.25, -0.2) is 4.79 Å². The average molecular weight is 389 g/mol. The van der Waals surface area contributed by atoms with Crippen LogP contribution in [0.4, 0.5) is 18.2 Å². The van der Waals surface area contributed by atoms with Gasteiger partial charge in [-0.05, 0) is 30.7 Å². The van der Waals surface area contributed by atoms with E-state index in [4.69, 9.17) is 0 Å².